The lowest BCUT2D eigenvalue weighted by Crippen LogP contribution is -2.54. The Labute approximate surface area is 171 Å². The summed E-state index contributed by atoms with van der Waals surface area (Å²) >= 11 is 0. The molecule has 2 aromatic rings. The number of unbranched alkanes of at least 4 members (excludes halogenated alkanes) is 1. The molecule has 0 aliphatic carbocycles. The monoisotopic (exact) mass is 401 g/mol. The van der Waals surface area contributed by atoms with Crippen LogP contribution in [0, 0.1) is 5.92 Å². The molecule has 6 nitrogen and oxygen atoms in total. The van der Waals surface area contributed by atoms with E-state index < -0.39 is 17.3 Å². The summed E-state index contributed by atoms with van der Waals surface area (Å²) in [6, 6.07) is 6.57. The van der Waals surface area contributed by atoms with E-state index in [4.69, 9.17) is 13.9 Å². The van der Waals surface area contributed by atoms with Gasteiger partial charge >= 0.3 is 11.6 Å². The third-order valence-electron chi connectivity index (χ3n) is 5.19. The van der Waals surface area contributed by atoms with Gasteiger partial charge in [-0.2, -0.15) is 0 Å². The standard InChI is InChI=1S/C23H31NO5/c1-6-7-12-24-20-19-16(10-8-15-9-11-17(25)27-21(15)19)29-23(4,5)22(20)28-18(26)13-14(2)3/h8-11,14,20,22,24H,6-7,12-13H2,1-5H3. The average Bonchev–Trinajstić information content (AvgIpc) is 2.62. The number of nitrogens with one attached hydrogen (secondary N) is 1. The molecule has 1 aliphatic rings. The van der Waals surface area contributed by atoms with E-state index in [1.165, 1.54) is 6.07 Å². The van der Waals surface area contributed by atoms with Crippen molar-refractivity contribution in [3.05, 3.63) is 40.2 Å². The molecule has 1 aromatic carbocycles. The van der Waals surface area contributed by atoms with Crippen molar-refractivity contribution in [1.82, 2.24) is 5.32 Å². The first-order valence-electron chi connectivity index (χ1n) is 10.4. The van der Waals surface area contributed by atoms with Gasteiger partial charge in [-0.3, -0.25) is 4.79 Å². The van der Waals surface area contributed by atoms with E-state index in [9.17, 15) is 9.59 Å². The van der Waals surface area contributed by atoms with Gasteiger partial charge in [0.05, 0.1) is 11.6 Å². The number of fused-ring (bicyclic) bond motifs is 3. The maximum absolute atomic E-state index is 12.5. The fourth-order valence-corrected chi connectivity index (χ4v) is 3.79. The number of ether oxygens (including phenoxy) is 2. The lowest BCUT2D eigenvalue weighted by Gasteiger charge is -2.44. The molecule has 2 atom stereocenters. The second-order valence-corrected chi connectivity index (χ2v) is 8.65. The van der Waals surface area contributed by atoms with Crippen LogP contribution in [0.4, 0.5) is 0 Å². The summed E-state index contributed by atoms with van der Waals surface area (Å²) in [7, 11) is 0. The minimum Gasteiger partial charge on any atom is -0.483 e. The Morgan fingerprint density at radius 1 is 1.24 bits per heavy atom. The zero-order valence-corrected chi connectivity index (χ0v) is 17.9. The van der Waals surface area contributed by atoms with Crippen molar-refractivity contribution in [3.8, 4) is 5.75 Å². The number of hydrogen-bond acceptors (Lipinski definition) is 6. The summed E-state index contributed by atoms with van der Waals surface area (Å²) in [5.41, 5.74) is 0.0468. The largest absolute Gasteiger partial charge is 0.483 e. The second kappa shape index (κ2) is 8.57. The van der Waals surface area contributed by atoms with Crippen LogP contribution in [0.25, 0.3) is 11.0 Å². The Morgan fingerprint density at radius 2 is 1.97 bits per heavy atom. The summed E-state index contributed by atoms with van der Waals surface area (Å²) in [6.45, 7) is 10.7. The van der Waals surface area contributed by atoms with Crippen LogP contribution in [0.5, 0.6) is 5.75 Å². The van der Waals surface area contributed by atoms with E-state index in [1.807, 2.05) is 39.8 Å². The zero-order valence-electron chi connectivity index (χ0n) is 17.9. The van der Waals surface area contributed by atoms with Gasteiger partial charge in [0.2, 0.25) is 0 Å². The molecule has 0 bridgehead atoms. The highest BCUT2D eigenvalue weighted by atomic mass is 16.6. The molecule has 0 spiro atoms. The molecule has 0 amide bonds. The van der Waals surface area contributed by atoms with Crippen LogP contribution < -0.4 is 15.7 Å². The second-order valence-electron chi connectivity index (χ2n) is 8.65. The maximum Gasteiger partial charge on any atom is 0.336 e. The van der Waals surface area contributed by atoms with Gasteiger partial charge in [-0.1, -0.05) is 27.2 Å². The number of carbonyl (C=O) groups is 1. The van der Waals surface area contributed by atoms with Crippen molar-refractivity contribution >= 4 is 16.9 Å². The summed E-state index contributed by atoms with van der Waals surface area (Å²) in [5.74, 6) is 0.587. The molecule has 0 fully saturated rings. The Hall–Kier alpha value is -2.34. The number of esters is 1. The average molecular weight is 402 g/mol. The molecule has 0 saturated carbocycles. The lowest BCUT2D eigenvalue weighted by atomic mass is 9.85. The normalized spacial score (nSPS) is 20.3. The number of carbonyl (C=O) groups excluding carboxylic acids is 1. The Balaban J connectivity index is 2.10. The molecule has 29 heavy (non-hydrogen) atoms. The molecule has 0 radical (unpaired) electrons. The molecule has 1 aromatic heterocycles. The van der Waals surface area contributed by atoms with Crippen molar-refractivity contribution in [3.63, 3.8) is 0 Å². The quantitative estimate of drug-likeness (QED) is 0.422. The fraction of sp³-hybridized carbons (Fsp3) is 0.565. The van der Waals surface area contributed by atoms with Crippen LogP contribution in [-0.2, 0) is 9.53 Å². The van der Waals surface area contributed by atoms with Crippen molar-refractivity contribution in [2.75, 3.05) is 6.54 Å². The van der Waals surface area contributed by atoms with E-state index >= 15 is 0 Å². The predicted molar refractivity (Wildman–Crippen MR) is 112 cm³/mol. The van der Waals surface area contributed by atoms with E-state index in [-0.39, 0.29) is 17.9 Å². The van der Waals surface area contributed by atoms with Crippen molar-refractivity contribution in [1.29, 1.82) is 0 Å². The Morgan fingerprint density at radius 3 is 2.66 bits per heavy atom. The molecule has 2 unspecified atom stereocenters. The van der Waals surface area contributed by atoms with Gasteiger partial charge in [0.25, 0.3) is 0 Å². The van der Waals surface area contributed by atoms with Gasteiger partial charge < -0.3 is 19.2 Å². The number of hydrogen-bond donors (Lipinski definition) is 1. The molecular formula is C23H31NO5. The van der Waals surface area contributed by atoms with Gasteiger partial charge in [-0.15, -0.1) is 0 Å². The molecule has 3 rings (SSSR count). The molecule has 0 saturated heterocycles. The Bertz CT molecular complexity index is 931. The highest BCUT2D eigenvalue weighted by Gasteiger charge is 2.47. The van der Waals surface area contributed by atoms with Crippen molar-refractivity contribution in [2.24, 2.45) is 5.92 Å². The highest BCUT2D eigenvalue weighted by Crippen LogP contribution is 2.44. The van der Waals surface area contributed by atoms with Crippen LogP contribution in [0.1, 0.15) is 65.5 Å². The SMILES string of the molecule is CCCCNC1c2c(ccc3ccc(=O)oc23)OC(C)(C)C1OC(=O)CC(C)C. The highest BCUT2D eigenvalue weighted by molar-refractivity contribution is 5.83. The first-order chi connectivity index (χ1) is 13.7. The van der Waals surface area contributed by atoms with Crippen LogP contribution >= 0.6 is 0 Å². The molecule has 1 N–H and O–H groups in total. The minimum atomic E-state index is -0.744. The van der Waals surface area contributed by atoms with Gasteiger partial charge in [-0.25, -0.2) is 4.79 Å². The first kappa shape index (κ1) is 21.4. The summed E-state index contributed by atoms with van der Waals surface area (Å²) in [4.78, 5) is 24.5. The minimum absolute atomic E-state index is 0.202. The lowest BCUT2D eigenvalue weighted by molar-refractivity contribution is -0.166. The molecule has 6 heteroatoms. The smallest absolute Gasteiger partial charge is 0.336 e. The maximum atomic E-state index is 12.5. The predicted octanol–water partition coefficient (Wildman–Crippen LogP) is 4.35. The van der Waals surface area contributed by atoms with Crippen molar-refractivity contribution in [2.45, 2.75) is 71.6 Å². The number of rotatable bonds is 7. The van der Waals surface area contributed by atoms with Crippen LogP contribution in [-0.4, -0.2) is 24.2 Å². The van der Waals surface area contributed by atoms with Crippen LogP contribution in [0.15, 0.2) is 33.5 Å². The summed E-state index contributed by atoms with van der Waals surface area (Å²) in [6.07, 6.45) is 1.80. The third kappa shape index (κ3) is 4.64. The van der Waals surface area contributed by atoms with Crippen LogP contribution in [0.3, 0.4) is 0 Å². The van der Waals surface area contributed by atoms with E-state index in [0.29, 0.717) is 17.8 Å². The molecule has 158 valence electrons. The van der Waals surface area contributed by atoms with E-state index in [0.717, 1.165) is 30.3 Å². The topological polar surface area (TPSA) is 77.8 Å². The Kier molecular flexibility index (Phi) is 6.32. The number of benzene rings is 1. The van der Waals surface area contributed by atoms with Gasteiger partial charge in [-0.05, 0) is 50.9 Å². The summed E-state index contributed by atoms with van der Waals surface area (Å²) in [5, 5.41) is 4.34. The fourth-order valence-electron chi connectivity index (χ4n) is 3.79. The van der Waals surface area contributed by atoms with Gasteiger partial charge in [0, 0.05) is 17.9 Å². The first-order valence-corrected chi connectivity index (χ1v) is 10.4. The summed E-state index contributed by atoms with van der Waals surface area (Å²) < 4.78 is 17.8. The van der Waals surface area contributed by atoms with Crippen LogP contribution in [0.2, 0.25) is 0 Å². The zero-order chi connectivity index (χ0) is 21.2. The van der Waals surface area contributed by atoms with Gasteiger partial charge in [0.1, 0.15) is 16.9 Å². The molecular weight excluding hydrogens is 370 g/mol. The van der Waals surface area contributed by atoms with E-state index in [2.05, 4.69) is 12.2 Å². The van der Waals surface area contributed by atoms with Gasteiger partial charge in [0.15, 0.2) is 6.10 Å². The third-order valence-corrected chi connectivity index (χ3v) is 5.19. The molecule has 2 heterocycles. The van der Waals surface area contributed by atoms with Crippen molar-refractivity contribution < 1.29 is 18.7 Å². The van der Waals surface area contributed by atoms with E-state index in [1.54, 1.807) is 6.07 Å². The molecule has 1 aliphatic heterocycles.